The van der Waals surface area contributed by atoms with Gasteiger partial charge in [0.2, 0.25) is 0 Å². The molecule has 0 spiro atoms. The second-order valence-electron chi connectivity index (χ2n) is 8.88. The number of hydrogen-bond donors (Lipinski definition) is 2. The van der Waals surface area contributed by atoms with Crippen LogP contribution in [0.4, 0.5) is 0 Å². The van der Waals surface area contributed by atoms with Crippen molar-refractivity contribution in [2.45, 2.75) is 89.9 Å². The van der Waals surface area contributed by atoms with Crippen LogP contribution in [0, 0.1) is 0 Å². The summed E-state index contributed by atoms with van der Waals surface area (Å²) in [6.45, 7) is 1.40. The van der Waals surface area contributed by atoms with Gasteiger partial charge in [-0.05, 0) is 12.8 Å². The van der Waals surface area contributed by atoms with Gasteiger partial charge in [-0.25, -0.2) is 0 Å². The van der Waals surface area contributed by atoms with Crippen molar-refractivity contribution in [2.75, 3.05) is 47.1 Å². The molecular weight excluding hydrogens is 361 g/mol. The average Bonchev–Trinajstić information content (AvgIpc) is 2.59. The van der Waals surface area contributed by atoms with E-state index in [-0.39, 0.29) is 6.16 Å². The number of aliphatic hydroxyl groups excluding tert-OH is 1. The third-order valence-electron chi connectivity index (χ3n) is 4.90. The van der Waals surface area contributed by atoms with Crippen LogP contribution in [-0.4, -0.2) is 61.5 Å². The van der Waals surface area contributed by atoms with Gasteiger partial charge in [0, 0.05) is 6.61 Å². The molecule has 27 heavy (non-hydrogen) atoms. The van der Waals surface area contributed by atoms with Crippen molar-refractivity contribution in [3.05, 3.63) is 0 Å². The molecule has 0 amide bonds. The molecule has 0 saturated carbocycles. The Kier molecular flexibility index (Phi) is 17.0. The quantitative estimate of drug-likeness (QED) is 0.162. The lowest BCUT2D eigenvalue weighted by Gasteiger charge is -2.24. The molecule has 164 valence electrons. The maximum Gasteiger partial charge on any atom is 0.333 e. The van der Waals surface area contributed by atoms with Crippen molar-refractivity contribution < 1.29 is 23.6 Å². The van der Waals surface area contributed by atoms with Crippen LogP contribution < -0.4 is 0 Å². The molecule has 0 heterocycles. The summed E-state index contributed by atoms with van der Waals surface area (Å²) in [5.41, 5.74) is 0. The van der Waals surface area contributed by atoms with Crippen molar-refractivity contribution in [1.29, 1.82) is 0 Å². The number of rotatable bonds is 20. The highest BCUT2D eigenvalue weighted by molar-refractivity contribution is 7.52. The minimum atomic E-state index is -3.40. The highest BCUT2D eigenvalue weighted by Crippen LogP contribution is 2.41. The van der Waals surface area contributed by atoms with Crippen LogP contribution in [0.25, 0.3) is 0 Å². The third kappa shape index (κ3) is 22.2. The van der Waals surface area contributed by atoms with Gasteiger partial charge < -0.3 is 19.0 Å². The van der Waals surface area contributed by atoms with E-state index >= 15 is 0 Å². The van der Waals surface area contributed by atoms with Gasteiger partial charge >= 0.3 is 7.60 Å². The molecule has 0 aliphatic carbocycles. The first-order chi connectivity index (χ1) is 12.8. The predicted octanol–water partition coefficient (Wildman–Crippen LogP) is 5.35. The highest BCUT2D eigenvalue weighted by Gasteiger charge is 2.22. The molecule has 5 nitrogen and oxygen atoms in total. The van der Waals surface area contributed by atoms with Gasteiger partial charge in [0.15, 0.2) is 0 Å². The molecule has 0 rings (SSSR count). The van der Waals surface area contributed by atoms with Crippen LogP contribution in [0.1, 0.15) is 89.9 Å². The minimum Gasteiger partial charge on any atom is -0.396 e. The molecule has 0 fully saturated rings. The molecular formula is C21H47NO4P+. The minimum absolute atomic E-state index is 0.235. The second kappa shape index (κ2) is 17.0. The Morgan fingerprint density at radius 1 is 0.704 bits per heavy atom. The maximum absolute atomic E-state index is 11.9. The van der Waals surface area contributed by atoms with Gasteiger partial charge in [-0.3, -0.25) is 4.57 Å². The summed E-state index contributed by atoms with van der Waals surface area (Å²) >= 11 is 0. The summed E-state index contributed by atoms with van der Waals surface area (Å²) in [6, 6.07) is 0. The molecule has 0 aromatic carbocycles. The van der Waals surface area contributed by atoms with E-state index < -0.39 is 7.60 Å². The smallest absolute Gasteiger partial charge is 0.333 e. The first-order valence-electron chi connectivity index (χ1n) is 11.1. The lowest BCUT2D eigenvalue weighted by Crippen LogP contribution is -2.37. The molecule has 0 aromatic heterocycles. The van der Waals surface area contributed by atoms with Crippen LogP contribution in [0.15, 0.2) is 0 Å². The summed E-state index contributed by atoms with van der Waals surface area (Å²) in [6.07, 6.45) is 17.4. The summed E-state index contributed by atoms with van der Waals surface area (Å²) in [7, 11) is 2.64. The zero-order valence-corrected chi connectivity index (χ0v) is 19.2. The van der Waals surface area contributed by atoms with E-state index in [0.717, 1.165) is 19.3 Å². The summed E-state index contributed by atoms with van der Waals surface area (Å²) in [5, 5.41) is 8.72. The van der Waals surface area contributed by atoms with E-state index in [1.54, 1.807) is 0 Å². The molecule has 0 aliphatic rings. The fourth-order valence-corrected chi connectivity index (χ4v) is 4.43. The Hall–Kier alpha value is 0.0700. The summed E-state index contributed by atoms with van der Waals surface area (Å²) in [4.78, 5) is 9.81. The van der Waals surface area contributed by atoms with Crippen LogP contribution in [0.5, 0.6) is 0 Å². The molecule has 6 heteroatoms. The van der Waals surface area contributed by atoms with Crippen molar-refractivity contribution in [1.82, 2.24) is 0 Å². The average molecular weight is 409 g/mol. The zero-order valence-electron chi connectivity index (χ0n) is 18.3. The molecule has 0 aliphatic heterocycles. The Balaban J connectivity index is 3.28. The fourth-order valence-electron chi connectivity index (χ4n) is 3.03. The van der Waals surface area contributed by atoms with Gasteiger partial charge in [-0.2, -0.15) is 0 Å². The van der Waals surface area contributed by atoms with Crippen molar-refractivity contribution in [3.63, 3.8) is 0 Å². The number of hydrogen-bond acceptors (Lipinski definition) is 3. The van der Waals surface area contributed by atoms with Gasteiger partial charge in [0.25, 0.3) is 0 Å². The number of aliphatic hydroxyl groups is 1. The molecule has 1 unspecified atom stereocenters. The first-order valence-corrected chi connectivity index (χ1v) is 12.9. The van der Waals surface area contributed by atoms with Gasteiger partial charge in [-0.1, -0.05) is 77.0 Å². The predicted molar refractivity (Wildman–Crippen MR) is 115 cm³/mol. The Labute approximate surface area is 168 Å². The van der Waals surface area contributed by atoms with Crippen LogP contribution >= 0.6 is 7.60 Å². The highest BCUT2D eigenvalue weighted by atomic mass is 31.2. The van der Waals surface area contributed by atoms with E-state index in [9.17, 15) is 9.46 Å². The number of nitrogens with zero attached hydrogens (tertiary/aromatic N) is 1. The van der Waals surface area contributed by atoms with E-state index in [4.69, 9.17) is 9.63 Å². The van der Waals surface area contributed by atoms with Crippen molar-refractivity contribution in [2.24, 2.45) is 0 Å². The zero-order chi connectivity index (χ0) is 20.4. The SMILES string of the molecule is C[N+](C)(C)CCP(=O)(O)OCCCCCCCCCCCCCCCCO. The van der Waals surface area contributed by atoms with Crippen LogP contribution in [-0.2, 0) is 9.09 Å². The normalized spacial score (nSPS) is 14.4. The Bertz CT molecular complexity index is 372. The lowest BCUT2D eigenvalue weighted by atomic mass is 10.0. The maximum atomic E-state index is 11.9. The third-order valence-corrected chi connectivity index (χ3v) is 6.25. The molecule has 0 radical (unpaired) electrons. The summed E-state index contributed by atoms with van der Waals surface area (Å²) in [5.74, 6) is 0. The van der Waals surface area contributed by atoms with Crippen molar-refractivity contribution >= 4 is 7.60 Å². The molecule has 1 atom stereocenters. The van der Waals surface area contributed by atoms with E-state index in [2.05, 4.69) is 0 Å². The first kappa shape index (κ1) is 27.1. The molecule has 0 bridgehead atoms. The fraction of sp³-hybridized carbons (Fsp3) is 1.00. The molecule has 0 aromatic rings. The van der Waals surface area contributed by atoms with Gasteiger partial charge in [-0.15, -0.1) is 0 Å². The largest absolute Gasteiger partial charge is 0.396 e. The monoisotopic (exact) mass is 408 g/mol. The van der Waals surface area contributed by atoms with E-state index in [1.807, 2.05) is 21.1 Å². The summed E-state index contributed by atoms with van der Waals surface area (Å²) < 4.78 is 17.8. The lowest BCUT2D eigenvalue weighted by molar-refractivity contribution is -0.867. The molecule has 0 saturated heterocycles. The van der Waals surface area contributed by atoms with Gasteiger partial charge in [0.1, 0.15) is 0 Å². The van der Waals surface area contributed by atoms with E-state index in [1.165, 1.54) is 70.6 Å². The van der Waals surface area contributed by atoms with Gasteiger partial charge in [0.05, 0.1) is 40.5 Å². The van der Waals surface area contributed by atoms with Crippen LogP contribution in [0.2, 0.25) is 0 Å². The molecule has 2 N–H and O–H groups in total. The number of quaternary nitrogens is 1. The van der Waals surface area contributed by atoms with Crippen molar-refractivity contribution in [3.8, 4) is 0 Å². The topological polar surface area (TPSA) is 66.8 Å². The second-order valence-corrected chi connectivity index (χ2v) is 10.9. The van der Waals surface area contributed by atoms with E-state index in [0.29, 0.717) is 24.2 Å². The van der Waals surface area contributed by atoms with Crippen LogP contribution in [0.3, 0.4) is 0 Å². The number of unbranched alkanes of at least 4 members (excludes halogenated alkanes) is 13. The standard InChI is InChI=1S/C21H46NO4P/c1-22(2,3)18-21-27(24,25)26-20-17-15-13-11-9-7-5-4-6-8-10-12-14-16-19-23/h23H,4-21H2,1-3H3/p+1. The Morgan fingerprint density at radius 3 is 1.44 bits per heavy atom. The Morgan fingerprint density at radius 2 is 1.07 bits per heavy atom.